The molecule has 0 radical (unpaired) electrons. The molecule has 1 fully saturated rings. The first-order chi connectivity index (χ1) is 12.0. The molecule has 0 unspecified atom stereocenters. The summed E-state index contributed by atoms with van der Waals surface area (Å²) in [7, 11) is -3.90. The minimum Gasteiger partial charge on any atom is -0.494 e. The summed E-state index contributed by atoms with van der Waals surface area (Å²) in [6, 6.07) is 6.24. The Kier molecular flexibility index (Phi) is 6.84. The van der Waals surface area contributed by atoms with Crippen LogP contribution in [0.5, 0.6) is 5.75 Å². The molecule has 2 rings (SSSR count). The van der Waals surface area contributed by atoms with E-state index in [0.29, 0.717) is 12.4 Å². The summed E-state index contributed by atoms with van der Waals surface area (Å²) >= 11 is 0. The van der Waals surface area contributed by atoms with Crippen molar-refractivity contribution in [2.24, 2.45) is 0 Å². The average molecular weight is 370 g/mol. The Morgan fingerprint density at radius 1 is 1.16 bits per heavy atom. The molecule has 1 aliphatic heterocycles. The smallest absolute Gasteiger partial charge is 0.328 e. The van der Waals surface area contributed by atoms with Crippen LogP contribution in [-0.2, 0) is 24.1 Å². The van der Waals surface area contributed by atoms with Gasteiger partial charge in [-0.1, -0.05) is 13.3 Å². The van der Waals surface area contributed by atoms with E-state index in [-0.39, 0.29) is 37.6 Å². The largest absolute Gasteiger partial charge is 0.494 e. The van der Waals surface area contributed by atoms with Gasteiger partial charge in [-0.3, -0.25) is 4.79 Å². The van der Waals surface area contributed by atoms with Gasteiger partial charge in [0.05, 0.1) is 18.1 Å². The van der Waals surface area contributed by atoms with Crippen molar-refractivity contribution in [1.82, 2.24) is 0 Å². The van der Waals surface area contributed by atoms with Gasteiger partial charge in [-0.2, -0.15) is 0 Å². The molecule has 7 heteroatoms. The van der Waals surface area contributed by atoms with Gasteiger partial charge in [0.2, 0.25) is 0 Å². The second-order valence-electron chi connectivity index (χ2n) is 6.00. The number of carbonyl (C=O) groups excluding carboxylic acids is 1. The maximum atomic E-state index is 13.2. The quantitative estimate of drug-likeness (QED) is 0.517. The van der Waals surface area contributed by atoms with Gasteiger partial charge in [0, 0.05) is 26.1 Å². The summed E-state index contributed by atoms with van der Waals surface area (Å²) in [5.41, 5.74) is 0. The van der Waals surface area contributed by atoms with Gasteiger partial charge in [-0.15, -0.1) is 0 Å². The monoisotopic (exact) mass is 370 g/mol. The van der Waals surface area contributed by atoms with Gasteiger partial charge < -0.3 is 14.2 Å². The van der Waals surface area contributed by atoms with Gasteiger partial charge in [-0.25, -0.2) is 8.42 Å². The van der Waals surface area contributed by atoms with E-state index in [2.05, 4.69) is 6.92 Å². The fourth-order valence-corrected chi connectivity index (χ4v) is 4.75. The number of hydrogen-bond donors (Lipinski definition) is 0. The topological polar surface area (TPSA) is 78.9 Å². The molecule has 0 amide bonds. The molecular formula is C18H26O6S. The van der Waals surface area contributed by atoms with Crippen molar-refractivity contribution in [3.63, 3.8) is 0 Å². The van der Waals surface area contributed by atoms with Crippen molar-refractivity contribution < 1.29 is 27.4 Å². The number of ether oxygens (including phenoxy) is 3. The molecule has 1 aromatic rings. The molecule has 1 heterocycles. The number of sulfone groups is 1. The first kappa shape index (κ1) is 19.7. The van der Waals surface area contributed by atoms with Gasteiger partial charge in [0.15, 0.2) is 14.6 Å². The molecule has 0 spiro atoms. The minimum atomic E-state index is -3.90. The van der Waals surface area contributed by atoms with E-state index >= 15 is 0 Å². The molecule has 0 aromatic heterocycles. The molecule has 6 nitrogen and oxygen atoms in total. The third-order valence-electron chi connectivity index (χ3n) is 4.36. The van der Waals surface area contributed by atoms with Crippen molar-refractivity contribution in [2.45, 2.75) is 49.2 Å². The molecule has 0 atom stereocenters. The minimum absolute atomic E-state index is 0.100. The lowest BCUT2D eigenvalue weighted by Crippen LogP contribution is -2.51. The molecule has 140 valence electrons. The SMILES string of the molecule is CCCCOc1ccc(S(=O)(=O)C2(C(=O)OCC)CCOCC2)cc1. The molecule has 0 aliphatic carbocycles. The van der Waals surface area contributed by atoms with Crippen LogP contribution in [0, 0.1) is 0 Å². The maximum Gasteiger partial charge on any atom is 0.328 e. The van der Waals surface area contributed by atoms with E-state index in [0.717, 1.165) is 12.8 Å². The van der Waals surface area contributed by atoms with Crippen LogP contribution in [0.2, 0.25) is 0 Å². The third-order valence-corrected chi connectivity index (χ3v) is 6.86. The van der Waals surface area contributed by atoms with Crippen LogP contribution in [0.4, 0.5) is 0 Å². The highest BCUT2D eigenvalue weighted by atomic mass is 32.2. The second-order valence-corrected chi connectivity index (χ2v) is 8.26. The molecule has 0 bridgehead atoms. The Hall–Kier alpha value is -1.60. The molecule has 0 N–H and O–H groups in total. The Bertz CT molecular complexity index is 659. The fourth-order valence-electron chi connectivity index (χ4n) is 2.82. The van der Waals surface area contributed by atoms with Crippen LogP contribution in [0.1, 0.15) is 39.5 Å². The normalized spacial score (nSPS) is 17.0. The van der Waals surface area contributed by atoms with E-state index in [1.807, 2.05) is 0 Å². The first-order valence-corrected chi connectivity index (χ1v) is 10.2. The zero-order valence-corrected chi connectivity index (χ0v) is 15.6. The Labute approximate surface area is 149 Å². The zero-order valence-electron chi connectivity index (χ0n) is 14.8. The number of benzene rings is 1. The van der Waals surface area contributed by atoms with Gasteiger partial charge >= 0.3 is 5.97 Å². The predicted octanol–water partition coefficient (Wildman–Crippen LogP) is 2.75. The van der Waals surface area contributed by atoms with Gasteiger partial charge in [0.25, 0.3) is 0 Å². The molecular weight excluding hydrogens is 344 g/mol. The standard InChI is InChI=1S/C18H26O6S/c1-3-5-12-24-15-6-8-16(9-7-15)25(20,21)18(17(19)23-4-2)10-13-22-14-11-18/h6-9H,3-5,10-14H2,1-2H3. The Morgan fingerprint density at radius 3 is 2.36 bits per heavy atom. The van der Waals surface area contributed by atoms with E-state index in [1.54, 1.807) is 19.1 Å². The van der Waals surface area contributed by atoms with Crippen LogP contribution in [0.25, 0.3) is 0 Å². The van der Waals surface area contributed by atoms with E-state index in [4.69, 9.17) is 14.2 Å². The fraction of sp³-hybridized carbons (Fsp3) is 0.611. The highest BCUT2D eigenvalue weighted by Gasteiger charge is 2.53. The molecule has 0 saturated carbocycles. The highest BCUT2D eigenvalue weighted by molar-refractivity contribution is 7.93. The second kappa shape index (κ2) is 8.67. The molecule has 1 aromatic carbocycles. The Morgan fingerprint density at radius 2 is 1.80 bits per heavy atom. The number of carbonyl (C=O) groups is 1. The predicted molar refractivity (Wildman–Crippen MR) is 93.4 cm³/mol. The third kappa shape index (κ3) is 4.15. The van der Waals surface area contributed by atoms with Crippen molar-refractivity contribution in [2.75, 3.05) is 26.4 Å². The lowest BCUT2D eigenvalue weighted by molar-refractivity contribution is -0.149. The van der Waals surface area contributed by atoms with E-state index in [1.165, 1.54) is 12.1 Å². The number of unbranched alkanes of at least 4 members (excludes halogenated alkanes) is 1. The summed E-state index contributed by atoms with van der Waals surface area (Å²) in [6.45, 7) is 4.90. The van der Waals surface area contributed by atoms with Crippen LogP contribution < -0.4 is 4.74 Å². The number of hydrogen-bond acceptors (Lipinski definition) is 6. The summed E-state index contributed by atoms with van der Waals surface area (Å²) in [5.74, 6) is -0.0777. The van der Waals surface area contributed by atoms with Crippen molar-refractivity contribution in [3.05, 3.63) is 24.3 Å². The van der Waals surface area contributed by atoms with Crippen LogP contribution in [-0.4, -0.2) is 45.6 Å². The molecule has 25 heavy (non-hydrogen) atoms. The van der Waals surface area contributed by atoms with E-state index in [9.17, 15) is 13.2 Å². The van der Waals surface area contributed by atoms with Gasteiger partial charge in [0.1, 0.15) is 5.75 Å². The Balaban J connectivity index is 2.28. The molecule has 1 aliphatic rings. The van der Waals surface area contributed by atoms with E-state index < -0.39 is 20.6 Å². The summed E-state index contributed by atoms with van der Waals surface area (Å²) in [6.07, 6.45) is 2.16. The lowest BCUT2D eigenvalue weighted by Gasteiger charge is -2.34. The van der Waals surface area contributed by atoms with Crippen molar-refractivity contribution in [3.8, 4) is 5.75 Å². The maximum absolute atomic E-state index is 13.2. The van der Waals surface area contributed by atoms with Gasteiger partial charge in [-0.05, 0) is 37.6 Å². The van der Waals surface area contributed by atoms with Crippen molar-refractivity contribution >= 4 is 15.8 Å². The molecule has 1 saturated heterocycles. The number of rotatable bonds is 8. The van der Waals surface area contributed by atoms with Crippen LogP contribution in [0.15, 0.2) is 29.2 Å². The summed E-state index contributed by atoms with van der Waals surface area (Å²) < 4.78 is 40.7. The summed E-state index contributed by atoms with van der Waals surface area (Å²) in [5, 5.41) is 0. The number of esters is 1. The van der Waals surface area contributed by atoms with Crippen LogP contribution >= 0.6 is 0 Å². The zero-order chi connectivity index (χ0) is 18.3. The first-order valence-electron chi connectivity index (χ1n) is 8.70. The lowest BCUT2D eigenvalue weighted by atomic mass is 9.99. The highest BCUT2D eigenvalue weighted by Crippen LogP contribution is 2.36. The van der Waals surface area contributed by atoms with Crippen LogP contribution in [0.3, 0.4) is 0 Å². The average Bonchev–Trinajstić information content (AvgIpc) is 2.63. The van der Waals surface area contributed by atoms with Crippen molar-refractivity contribution in [1.29, 1.82) is 0 Å². The summed E-state index contributed by atoms with van der Waals surface area (Å²) in [4.78, 5) is 12.6.